The molecule has 17 heavy (non-hydrogen) atoms. The first kappa shape index (κ1) is 13.8. The molecule has 98 valence electrons. The van der Waals surface area contributed by atoms with Crippen LogP contribution in [0.2, 0.25) is 0 Å². The Labute approximate surface area is 102 Å². The molecule has 1 rings (SSSR count). The van der Waals surface area contributed by atoms with Gasteiger partial charge in [-0.1, -0.05) is 0 Å². The smallest absolute Gasteiger partial charge is 0.330 e. The maximum absolute atomic E-state index is 11.6. The van der Waals surface area contributed by atoms with Crippen molar-refractivity contribution in [1.82, 2.24) is 15.3 Å². The Hall–Kier alpha value is -1.30. The number of nitrogens with one attached hydrogen (secondary N) is 1. The van der Waals surface area contributed by atoms with Crippen LogP contribution >= 0.6 is 0 Å². The Morgan fingerprint density at radius 2 is 1.65 bits per heavy atom. The van der Waals surface area contributed by atoms with Crippen LogP contribution in [-0.2, 0) is 9.63 Å². The summed E-state index contributed by atoms with van der Waals surface area (Å²) in [5.41, 5.74) is -0.502. The lowest BCUT2D eigenvalue weighted by Crippen LogP contribution is -2.52. The maximum Gasteiger partial charge on any atom is 0.330 e. The standard InChI is InChI=1S/C11H21N3O3/c1-11(2,3)9(15)17-14-7-5-13(6-8-14)10(16)12-4/h5-8H2,1-4H3,(H,12,16). The minimum Gasteiger partial charge on any atom is -0.367 e. The molecule has 1 fully saturated rings. The molecule has 0 unspecified atom stereocenters. The van der Waals surface area contributed by atoms with Crippen molar-refractivity contribution in [1.29, 1.82) is 0 Å². The van der Waals surface area contributed by atoms with Crippen molar-refractivity contribution in [2.75, 3.05) is 33.2 Å². The highest BCUT2D eigenvalue weighted by molar-refractivity contribution is 5.75. The summed E-state index contributed by atoms with van der Waals surface area (Å²) in [4.78, 5) is 29.9. The first-order valence-electron chi connectivity index (χ1n) is 5.78. The summed E-state index contributed by atoms with van der Waals surface area (Å²) in [6.07, 6.45) is 0. The van der Waals surface area contributed by atoms with E-state index in [2.05, 4.69) is 5.32 Å². The van der Waals surface area contributed by atoms with E-state index in [1.807, 2.05) is 20.8 Å². The number of hydrogen-bond donors (Lipinski definition) is 1. The van der Waals surface area contributed by atoms with Crippen LogP contribution in [0.5, 0.6) is 0 Å². The minimum atomic E-state index is -0.502. The molecule has 1 N–H and O–H groups in total. The molecule has 1 heterocycles. The van der Waals surface area contributed by atoms with E-state index < -0.39 is 5.41 Å². The fourth-order valence-corrected chi connectivity index (χ4v) is 1.39. The van der Waals surface area contributed by atoms with Gasteiger partial charge in [0.15, 0.2) is 0 Å². The molecule has 0 spiro atoms. The topological polar surface area (TPSA) is 61.9 Å². The zero-order chi connectivity index (χ0) is 13.1. The fraction of sp³-hybridized carbons (Fsp3) is 0.818. The Bertz CT molecular complexity index is 291. The van der Waals surface area contributed by atoms with E-state index in [1.54, 1.807) is 17.0 Å². The molecule has 2 amide bonds. The molecule has 1 aliphatic heterocycles. The third-order valence-corrected chi connectivity index (χ3v) is 2.56. The molecular formula is C11H21N3O3. The highest BCUT2D eigenvalue weighted by Crippen LogP contribution is 2.16. The van der Waals surface area contributed by atoms with E-state index >= 15 is 0 Å². The van der Waals surface area contributed by atoms with Crippen LogP contribution in [0.3, 0.4) is 0 Å². The number of hydroxylamine groups is 2. The van der Waals surface area contributed by atoms with Gasteiger partial charge >= 0.3 is 12.0 Å². The lowest BCUT2D eigenvalue weighted by atomic mass is 9.98. The number of piperazine rings is 1. The molecular weight excluding hydrogens is 222 g/mol. The van der Waals surface area contributed by atoms with Crippen LogP contribution in [0.4, 0.5) is 4.79 Å². The average molecular weight is 243 g/mol. The molecule has 1 saturated heterocycles. The van der Waals surface area contributed by atoms with Crippen molar-refractivity contribution in [2.45, 2.75) is 20.8 Å². The Kier molecular flexibility index (Phi) is 4.34. The lowest BCUT2D eigenvalue weighted by molar-refractivity contribution is -0.205. The van der Waals surface area contributed by atoms with Gasteiger partial charge in [0.25, 0.3) is 0 Å². The van der Waals surface area contributed by atoms with Crippen LogP contribution in [0.1, 0.15) is 20.8 Å². The minimum absolute atomic E-state index is 0.0909. The summed E-state index contributed by atoms with van der Waals surface area (Å²) < 4.78 is 0. The summed E-state index contributed by atoms with van der Waals surface area (Å²) >= 11 is 0. The molecule has 6 nitrogen and oxygen atoms in total. The SMILES string of the molecule is CNC(=O)N1CCN(OC(=O)C(C)(C)C)CC1. The molecule has 0 atom stereocenters. The van der Waals surface area contributed by atoms with Gasteiger partial charge in [0.05, 0.1) is 18.5 Å². The third kappa shape index (κ3) is 3.89. The second kappa shape index (κ2) is 5.35. The summed E-state index contributed by atoms with van der Waals surface area (Å²) in [5.74, 6) is -0.245. The van der Waals surface area contributed by atoms with Gasteiger partial charge in [0, 0.05) is 20.1 Å². The van der Waals surface area contributed by atoms with E-state index in [0.29, 0.717) is 26.2 Å². The van der Waals surface area contributed by atoms with E-state index in [4.69, 9.17) is 4.84 Å². The van der Waals surface area contributed by atoms with E-state index in [0.717, 1.165) is 0 Å². The third-order valence-electron chi connectivity index (χ3n) is 2.56. The van der Waals surface area contributed by atoms with E-state index in [-0.39, 0.29) is 12.0 Å². The number of nitrogens with zero attached hydrogens (tertiary/aromatic N) is 2. The van der Waals surface area contributed by atoms with Gasteiger partial charge in [-0.05, 0) is 20.8 Å². The van der Waals surface area contributed by atoms with Gasteiger partial charge < -0.3 is 15.1 Å². The van der Waals surface area contributed by atoms with Crippen LogP contribution in [-0.4, -0.2) is 55.2 Å². The zero-order valence-corrected chi connectivity index (χ0v) is 10.9. The van der Waals surface area contributed by atoms with Crippen molar-refractivity contribution >= 4 is 12.0 Å². The Morgan fingerprint density at radius 1 is 1.12 bits per heavy atom. The molecule has 0 saturated carbocycles. The molecule has 0 aromatic rings. The van der Waals surface area contributed by atoms with Crippen LogP contribution in [0.15, 0.2) is 0 Å². The molecule has 0 bridgehead atoms. The highest BCUT2D eigenvalue weighted by atomic mass is 16.7. The van der Waals surface area contributed by atoms with Crippen molar-refractivity contribution in [3.05, 3.63) is 0 Å². The van der Waals surface area contributed by atoms with Gasteiger partial charge in [-0.2, -0.15) is 0 Å². The highest BCUT2D eigenvalue weighted by Gasteiger charge is 2.28. The molecule has 6 heteroatoms. The summed E-state index contributed by atoms with van der Waals surface area (Å²) in [6, 6.07) is -0.0909. The van der Waals surface area contributed by atoms with Crippen molar-refractivity contribution in [3.63, 3.8) is 0 Å². The van der Waals surface area contributed by atoms with Crippen molar-refractivity contribution in [2.24, 2.45) is 5.41 Å². The number of carbonyl (C=O) groups is 2. The molecule has 1 aliphatic rings. The van der Waals surface area contributed by atoms with Crippen LogP contribution < -0.4 is 5.32 Å². The maximum atomic E-state index is 11.6. The number of urea groups is 1. The second-order valence-electron chi connectivity index (χ2n) is 5.10. The van der Waals surface area contributed by atoms with E-state index in [9.17, 15) is 9.59 Å². The fourth-order valence-electron chi connectivity index (χ4n) is 1.39. The average Bonchev–Trinajstić information content (AvgIpc) is 2.27. The molecule has 0 aliphatic carbocycles. The summed E-state index contributed by atoms with van der Waals surface area (Å²) in [7, 11) is 1.61. The first-order chi connectivity index (χ1) is 7.84. The van der Waals surface area contributed by atoms with Gasteiger partial charge in [0.1, 0.15) is 0 Å². The summed E-state index contributed by atoms with van der Waals surface area (Å²) in [6.45, 7) is 7.68. The van der Waals surface area contributed by atoms with E-state index in [1.165, 1.54) is 0 Å². The van der Waals surface area contributed by atoms with Crippen LogP contribution in [0.25, 0.3) is 0 Å². The number of rotatable bonds is 1. The number of amides is 2. The summed E-state index contributed by atoms with van der Waals surface area (Å²) in [5, 5.41) is 4.19. The second-order valence-corrected chi connectivity index (χ2v) is 5.10. The Balaban J connectivity index is 2.38. The predicted octanol–water partition coefficient (Wildman–Crippen LogP) is 0.448. The van der Waals surface area contributed by atoms with Crippen molar-refractivity contribution in [3.8, 4) is 0 Å². The van der Waals surface area contributed by atoms with Crippen LogP contribution in [0, 0.1) is 5.41 Å². The van der Waals surface area contributed by atoms with Gasteiger partial charge in [-0.3, -0.25) is 0 Å². The monoisotopic (exact) mass is 243 g/mol. The van der Waals surface area contributed by atoms with Gasteiger partial charge in [-0.25, -0.2) is 9.59 Å². The molecule has 0 aromatic heterocycles. The Morgan fingerprint density at radius 3 is 2.06 bits per heavy atom. The van der Waals surface area contributed by atoms with Crippen molar-refractivity contribution < 1.29 is 14.4 Å². The molecule has 0 radical (unpaired) electrons. The first-order valence-corrected chi connectivity index (χ1v) is 5.78. The van der Waals surface area contributed by atoms with Gasteiger partial charge in [0.2, 0.25) is 0 Å². The quantitative estimate of drug-likeness (QED) is 0.726. The normalized spacial score (nSPS) is 17.8. The number of hydrogen-bond acceptors (Lipinski definition) is 4. The zero-order valence-electron chi connectivity index (χ0n) is 10.9. The molecule has 0 aromatic carbocycles. The largest absolute Gasteiger partial charge is 0.367 e. The number of carbonyl (C=O) groups excluding carboxylic acids is 2. The van der Waals surface area contributed by atoms with Gasteiger partial charge in [-0.15, -0.1) is 5.06 Å². The lowest BCUT2D eigenvalue weighted by Gasteiger charge is -2.34. The predicted molar refractivity (Wildman–Crippen MR) is 63.1 cm³/mol.